The molecule has 0 aliphatic heterocycles. The van der Waals surface area contributed by atoms with Crippen molar-refractivity contribution in [1.82, 2.24) is 15.2 Å². The lowest BCUT2D eigenvalue weighted by Gasteiger charge is -2.06. The molecule has 180 valence electrons. The minimum Gasteiger partial charge on any atom is -0.497 e. The Bertz CT molecular complexity index is 1250. The van der Waals surface area contributed by atoms with Gasteiger partial charge in [-0.25, -0.2) is 4.98 Å². The fourth-order valence-corrected chi connectivity index (χ4v) is 5.13. The van der Waals surface area contributed by atoms with E-state index in [-0.39, 0.29) is 11.7 Å². The molecule has 2 aromatic carbocycles. The Morgan fingerprint density at radius 2 is 1.80 bits per heavy atom. The van der Waals surface area contributed by atoms with Crippen molar-refractivity contribution in [1.29, 1.82) is 0 Å². The van der Waals surface area contributed by atoms with Crippen LogP contribution in [0.1, 0.15) is 31.0 Å². The summed E-state index contributed by atoms with van der Waals surface area (Å²) in [5.74, 6) is 1.02. The van der Waals surface area contributed by atoms with Crippen molar-refractivity contribution in [2.24, 2.45) is 0 Å². The first-order valence-corrected chi connectivity index (χ1v) is 13.3. The number of aryl methyl sites for hydroxylation is 2. The second kappa shape index (κ2) is 12.0. The second-order valence-corrected chi connectivity index (χ2v) is 10.1. The molecule has 1 amide bonds. The van der Waals surface area contributed by atoms with Crippen LogP contribution in [0.3, 0.4) is 0 Å². The molecule has 0 aliphatic carbocycles. The second-order valence-electron chi connectivity index (χ2n) is 8.06. The molecule has 0 radical (unpaired) electrons. The number of hydrogen-bond donors (Lipinski definition) is 1. The van der Waals surface area contributed by atoms with Crippen molar-refractivity contribution >= 4 is 34.7 Å². The molecule has 6 nitrogen and oxygen atoms in total. The van der Waals surface area contributed by atoms with Gasteiger partial charge in [0.25, 0.3) is 0 Å². The summed E-state index contributed by atoms with van der Waals surface area (Å²) >= 11 is 2.95. The van der Waals surface area contributed by atoms with Gasteiger partial charge < -0.3 is 10.1 Å². The summed E-state index contributed by atoms with van der Waals surface area (Å²) in [7, 11) is 1.65. The zero-order chi connectivity index (χ0) is 24.6. The number of unbranched alkanes of at least 4 members (excludes halogenated alkanes) is 1. The zero-order valence-electron chi connectivity index (χ0n) is 20.1. The summed E-state index contributed by atoms with van der Waals surface area (Å²) in [6.07, 6.45) is 3.42. The quantitative estimate of drug-likeness (QED) is 0.243. The number of ether oxygens (including phenoxy) is 1. The highest BCUT2D eigenvalue weighted by molar-refractivity contribution is 7.99. The maximum absolute atomic E-state index is 12.4. The van der Waals surface area contributed by atoms with Gasteiger partial charge in [0.1, 0.15) is 21.5 Å². The molecule has 4 aromatic rings. The van der Waals surface area contributed by atoms with Gasteiger partial charge in [0.05, 0.1) is 23.4 Å². The van der Waals surface area contributed by atoms with Gasteiger partial charge in [0, 0.05) is 11.3 Å². The predicted octanol–water partition coefficient (Wildman–Crippen LogP) is 6.66. The van der Waals surface area contributed by atoms with Crippen LogP contribution < -0.4 is 10.1 Å². The number of carbonyl (C=O) groups excluding carboxylic acids is 1. The maximum atomic E-state index is 12.4. The Morgan fingerprint density at radius 1 is 1.03 bits per heavy atom. The SMILES string of the molecule is CCCCc1ccc(NC(=O)CSc2ccc(-c3sc(-c4ccc(OC)cc4)nc3C)nn2)cc1. The van der Waals surface area contributed by atoms with Gasteiger partial charge >= 0.3 is 0 Å². The van der Waals surface area contributed by atoms with Gasteiger partial charge in [-0.3, -0.25) is 4.79 Å². The van der Waals surface area contributed by atoms with E-state index in [1.807, 2.05) is 55.5 Å². The molecule has 0 saturated carbocycles. The van der Waals surface area contributed by atoms with Crippen LogP contribution in [-0.4, -0.2) is 34.0 Å². The first kappa shape index (κ1) is 24.9. The highest BCUT2D eigenvalue weighted by Gasteiger charge is 2.14. The van der Waals surface area contributed by atoms with E-state index in [9.17, 15) is 4.79 Å². The van der Waals surface area contributed by atoms with Crippen LogP contribution in [0.25, 0.3) is 21.1 Å². The molecule has 0 fully saturated rings. The highest BCUT2D eigenvalue weighted by Crippen LogP contribution is 2.35. The Hall–Kier alpha value is -3.23. The van der Waals surface area contributed by atoms with Crippen molar-refractivity contribution in [2.45, 2.75) is 38.1 Å². The van der Waals surface area contributed by atoms with Gasteiger partial charge in [-0.05, 0) is 73.9 Å². The number of nitrogens with zero attached hydrogens (tertiary/aromatic N) is 3. The number of carbonyl (C=O) groups is 1. The number of thiazole rings is 1. The third-order valence-corrected chi connectivity index (χ3v) is 7.56. The average molecular weight is 505 g/mol. The van der Waals surface area contributed by atoms with Gasteiger partial charge in [-0.2, -0.15) is 0 Å². The van der Waals surface area contributed by atoms with Crippen LogP contribution in [0.2, 0.25) is 0 Å². The lowest BCUT2D eigenvalue weighted by atomic mass is 10.1. The molecule has 2 aromatic heterocycles. The smallest absolute Gasteiger partial charge is 0.234 e. The lowest BCUT2D eigenvalue weighted by molar-refractivity contribution is -0.113. The van der Waals surface area contributed by atoms with E-state index in [0.29, 0.717) is 5.03 Å². The summed E-state index contributed by atoms with van der Waals surface area (Å²) in [6.45, 7) is 4.16. The van der Waals surface area contributed by atoms with Crippen LogP contribution in [-0.2, 0) is 11.2 Å². The van der Waals surface area contributed by atoms with E-state index in [2.05, 4.69) is 34.6 Å². The summed E-state index contributed by atoms with van der Waals surface area (Å²) in [5, 5.41) is 13.3. The van der Waals surface area contributed by atoms with E-state index >= 15 is 0 Å². The van der Waals surface area contributed by atoms with Gasteiger partial charge in [0.2, 0.25) is 5.91 Å². The molecule has 2 heterocycles. The number of methoxy groups -OCH3 is 1. The summed E-state index contributed by atoms with van der Waals surface area (Å²) in [6, 6.07) is 19.7. The summed E-state index contributed by atoms with van der Waals surface area (Å²) in [4.78, 5) is 18.1. The monoisotopic (exact) mass is 504 g/mol. The molecule has 1 N–H and O–H groups in total. The number of aromatic nitrogens is 3. The number of amides is 1. The molecule has 0 spiro atoms. The number of benzene rings is 2. The highest BCUT2D eigenvalue weighted by atomic mass is 32.2. The van der Waals surface area contributed by atoms with Crippen LogP contribution in [0.4, 0.5) is 5.69 Å². The van der Waals surface area contributed by atoms with Crippen molar-refractivity contribution in [3.63, 3.8) is 0 Å². The van der Waals surface area contributed by atoms with E-state index in [1.54, 1.807) is 18.4 Å². The molecular weight excluding hydrogens is 476 g/mol. The predicted molar refractivity (Wildman–Crippen MR) is 144 cm³/mol. The molecule has 35 heavy (non-hydrogen) atoms. The van der Waals surface area contributed by atoms with E-state index in [4.69, 9.17) is 9.72 Å². The van der Waals surface area contributed by atoms with Gasteiger partial charge in [0.15, 0.2) is 0 Å². The zero-order valence-corrected chi connectivity index (χ0v) is 21.7. The van der Waals surface area contributed by atoms with Crippen molar-refractivity contribution in [2.75, 3.05) is 18.2 Å². The van der Waals surface area contributed by atoms with Crippen LogP contribution in [0.15, 0.2) is 65.7 Å². The van der Waals surface area contributed by atoms with Crippen molar-refractivity contribution < 1.29 is 9.53 Å². The number of rotatable bonds is 10. The lowest BCUT2D eigenvalue weighted by Crippen LogP contribution is -2.14. The molecule has 8 heteroatoms. The topological polar surface area (TPSA) is 77.0 Å². The minimum atomic E-state index is -0.0652. The Balaban J connectivity index is 1.33. The molecule has 0 unspecified atom stereocenters. The van der Waals surface area contributed by atoms with Gasteiger partial charge in [-0.1, -0.05) is 37.2 Å². The standard InChI is InChI=1S/C27H28N4O2S2/c1-4-5-6-19-7-11-21(12-8-19)29-24(32)17-34-25-16-15-23(30-31-25)26-18(2)28-27(35-26)20-9-13-22(33-3)14-10-20/h7-16H,4-6,17H2,1-3H3,(H,29,32). The number of nitrogens with one attached hydrogen (secondary N) is 1. The minimum absolute atomic E-state index is 0.0652. The third kappa shape index (κ3) is 6.68. The van der Waals surface area contributed by atoms with Crippen molar-refractivity contribution in [3.05, 3.63) is 71.9 Å². The normalized spacial score (nSPS) is 10.8. The summed E-state index contributed by atoms with van der Waals surface area (Å²) < 4.78 is 5.23. The maximum Gasteiger partial charge on any atom is 0.234 e. The summed E-state index contributed by atoms with van der Waals surface area (Å²) in [5.41, 5.74) is 4.83. The van der Waals surface area contributed by atoms with Crippen LogP contribution >= 0.6 is 23.1 Å². The van der Waals surface area contributed by atoms with Crippen molar-refractivity contribution in [3.8, 4) is 26.9 Å². The Morgan fingerprint density at radius 3 is 2.46 bits per heavy atom. The fraction of sp³-hybridized carbons (Fsp3) is 0.259. The Kier molecular flexibility index (Phi) is 8.50. The molecule has 0 atom stereocenters. The van der Waals surface area contributed by atoms with Crippen LogP contribution in [0.5, 0.6) is 5.75 Å². The first-order chi connectivity index (χ1) is 17.1. The molecule has 0 aliphatic rings. The van der Waals surface area contributed by atoms with E-state index < -0.39 is 0 Å². The fourth-order valence-electron chi connectivity index (χ4n) is 3.48. The number of thioether (sulfide) groups is 1. The molecule has 0 bridgehead atoms. The first-order valence-electron chi connectivity index (χ1n) is 11.5. The molecular formula is C27H28N4O2S2. The number of anilines is 1. The Labute approximate surface area is 214 Å². The molecule has 0 saturated heterocycles. The number of hydrogen-bond acceptors (Lipinski definition) is 7. The largest absolute Gasteiger partial charge is 0.497 e. The average Bonchev–Trinajstić information content (AvgIpc) is 3.29. The molecule has 4 rings (SSSR count). The van der Waals surface area contributed by atoms with E-state index in [1.165, 1.54) is 30.2 Å². The third-order valence-electron chi connectivity index (χ3n) is 5.41. The van der Waals surface area contributed by atoms with Crippen LogP contribution in [0, 0.1) is 6.92 Å². The van der Waals surface area contributed by atoms with Gasteiger partial charge in [-0.15, -0.1) is 21.5 Å². The van der Waals surface area contributed by atoms with E-state index in [0.717, 1.165) is 44.7 Å².